The summed E-state index contributed by atoms with van der Waals surface area (Å²) in [5.74, 6) is 5.14. The Hall–Kier alpha value is -0.823. The van der Waals surface area contributed by atoms with Gasteiger partial charge in [0.1, 0.15) is 0 Å². The topological polar surface area (TPSA) is 0 Å². The van der Waals surface area contributed by atoms with Gasteiger partial charge >= 0.3 is 0 Å². The summed E-state index contributed by atoms with van der Waals surface area (Å²) < 4.78 is 0. The third kappa shape index (κ3) is 3.48. The van der Waals surface area contributed by atoms with Gasteiger partial charge in [0, 0.05) is 0 Å². The van der Waals surface area contributed by atoms with E-state index in [1.54, 1.807) is 0 Å². The van der Waals surface area contributed by atoms with Gasteiger partial charge in [0.25, 0.3) is 0 Å². The van der Waals surface area contributed by atoms with E-state index >= 15 is 0 Å². The molecule has 0 aromatic heterocycles. The van der Waals surface area contributed by atoms with E-state index < -0.39 is 8.07 Å². The fraction of sp³-hybridized carbons (Fsp3) is 0.724. The Morgan fingerprint density at radius 1 is 0.867 bits per heavy atom. The minimum atomic E-state index is -1.54. The largest absolute Gasteiger partial charge is 0.0837 e. The minimum absolute atomic E-state index is 0.440. The zero-order chi connectivity index (χ0) is 21.5. The van der Waals surface area contributed by atoms with E-state index in [0.29, 0.717) is 5.41 Å². The highest BCUT2D eigenvalue weighted by Crippen LogP contribution is 2.68. The van der Waals surface area contributed by atoms with Crippen molar-refractivity contribution >= 4 is 8.07 Å². The van der Waals surface area contributed by atoms with Crippen LogP contribution in [0.25, 0.3) is 0 Å². The molecule has 9 atom stereocenters. The van der Waals surface area contributed by atoms with Gasteiger partial charge in [-0.05, 0) is 71.3 Å². The Kier molecular flexibility index (Phi) is 6.42. The molecule has 0 radical (unpaired) electrons. The Morgan fingerprint density at radius 3 is 2.20 bits per heavy atom. The van der Waals surface area contributed by atoms with Gasteiger partial charge in [0.2, 0.25) is 0 Å². The summed E-state index contributed by atoms with van der Waals surface area (Å²) in [4.78, 5) is 0. The maximum atomic E-state index is 2.81. The normalized spacial score (nSPS) is 44.9. The number of allylic oxidation sites excluding steroid dienone is 8. The Morgan fingerprint density at radius 2 is 1.57 bits per heavy atom. The van der Waals surface area contributed by atoms with Crippen LogP contribution >= 0.6 is 0 Å². The van der Waals surface area contributed by atoms with E-state index in [1.165, 1.54) is 38.5 Å². The first-order valence-corrected chi connectivity index (χ1v) is 16.2. The van der Waals surface area contributed by atoms with Gasteiger partial charge in [0.15, 0.2) is 0 Å². The molecular formula is C29H46Si. The summed E-state index contributed by atoms with van der Waals surface area (Å²) in [7, 11) is -1.54. The van der Waals surface area contributed by atoms with Crippen molar-refractivity contribution in [3.8, 4) is 0 Å². The van der Waals surface area contributed by atoms with Crippen LogP contribution in [0, 0.1) is 40.9 Å². The molecule has 4 aliphatic carbocycles. The zero-order valence-electron chi connectivity index (χ0n) is 20.5. The summed E-state index contributed by atoms with van der Waals surface area (Å²) in [6.45, 7) is 15.7. The van der Waals surface area contributed by atoms with Gasteiger partial charge < -0.3 is 0 Å². The molecule has 1 spiro atoms. The van der Waals surface area contributed by atoms with Crippen LogP contribution in [-0.2, 0) is 0 Å². The molecule has 0 amide bonds. The number of fused-ring (bicyclic) bond motifs is 1. The smallest absolute Gasteiger partial charge is 0.0556 e. The molecule has 4 rings (SSSR count). The molecule has 1 heteroatoms. The second-order valence-electron chi connectivity index (χ2n) is 11.9. The summed E-state index contributed by atoms with van der Waals surface area (Å²) >= 11 is 0. The fourth-order valence-electron chi connectivity index (χ4n) is 9.38. The lowest BCUT2D eigenvalue weighted by molar-refractivity contribution is 0.329. The average molecular weight is 423 g/mol. The van der Waals surface area contributed by atoms with Crippen LogP contribution < -0.4 is 0 Å². The van der Waals surface area contributed by atoms with Gasteiger partial charge in [-0.1, -0.05) is 109 Å². The van der Waals surface area contributed by atoms with Gasteiger partial charge in [0.05, 0.1) is 8.07 Å². The molecule has 7 unspecified atom stereocenters. The second-order valence-corrected chi connectivity index (χ2v) is 16.8. The van der Waals surface area contributed by atoms with Crippen molar-refractivity contribution in [1.82, 2.24) is 0 Å². The van der Waals surface area contributed by atoms with Crippen molar-refractivity contribution in [2.45, 2.75) is 90.4 Å². The van der Waals surface area contributed by atoms with Gasteiger partial charge in [-0.15, -0.1) is 0 Å². The number of rotatable bonds is 6. The van der Waals surface area contributed by atoms with Gasteiger partial charge in [-0.3, -0.25) is 0 Å². The third-order valence-electron chi connectivity index (χ3n) is 10.0. The number of hydrogen-bond acceptors (Lipinski definition) is 0. The van der Waals surface area contributed by atoms with Crippen LogP contribution in [0.2, 0.25) is 24.2 Å². The molecule has 2 fully saturated rings. The average Bonchev–Trinajstić information content (AvgIpc) is 3.15. The maximum Gasteiger partial charge on any atom is 0.0556 e. The monoisotopic (exact) mass is 422 g/mol. The van der Waals surface area contributed by atoms with E-state index in [4.69, 9.17) is 0 Å². The molecule has 0 heterocycles. The lowest BCUT2D eigenvalue weighted by atomic mass is 9.78. The molecule has 0 aromatic rings. The highest BCUT2D eigenvalue weighted by molar-refractivity contribution is 6.80. The SMILES string of the molecule is CCCC1CC2(C=CC=CC2)C([Si](C)(C)C2C(C)C(CCC)[C@@H]3C=CC=CC23)[C@@H]1C. The van der Waals surface area contributed by atoms with Crippen LogP contribution in [0.5, 0.6) is 0 Å². The Labute approximate surface area is 188 Å². The molecule has 0 saturated heterocycles. The molecule has 0 N–H and O–H groups in total. The van der Waals surface area contributed by atoms with Gasteiger partial charge in [-0.25, -0.2) is 0 Å². The summed E-state index contributed by atoms with van der Waals surface area (Å²) in [6, 6.07) is 0. The van der Waals surface area contributed by atoms with Crippen molar-refractivity contribution in [3.05, 3.63) is 48.6 Å². The first kappa shape index (κ1) is 22.4. The van der Waals surface area contributed by atoms with E-state index in [1.807, 2.05) is 0 Å². The lowest BCUT2D eigenvalue weighted by Gasteiger charge is -2.50. The Bertz CT molecular complexity index is 725. The van der Waals surface area contributed by atoms with Crippen molar-refractivity contribution in [2.75, 3.05) is 0 Å². The van der Waals surface area contributed by atoms with E-state index in [2.05, 4.69) is 89.4 Å². The quantitative estimate of drug-likeness (QED) is 0.375. The summed E-state index contributed by atoms with van der Waals surface area (Å²) in [5, 5.41) is 0. The number of hydrogen-bond donors (Lipinski definition) is 0. The predicted octanol–water partition coefficient (Wildman–Crippen LogP) is 8.82. The van der Waals surface area contributed by atoms with Crippen LogP contribution in [-0.4, -0.2) is 8.07 Å². The molecule has 166 valence electrons. The predicted molar refractivity (Wildman–Crippen MR) is 135 cm³/mol. The fourth-order valence-corrected chi connectivity index (χ4v) is 16.2. The van der Waals surface area contributed by atoms with Crippen molar-refractivity contribution in [1.29, 1.82) is 0 Å². The molecule has 0 bridgehead atoms. The molecular weight excluding hydrogens is 376 g/mol. The van der Waals surface area contributed by atoms with Gasteiger partial charge in [-0.2, -0.15) is 0 Å². The highest BCUT2D eigenvalue weighted by atomic mass is 28.3. The minimum Gasteiger partial charge on any atom is -0.0837 e. The molecule has 4 aliphatic rings. The van der Waals surface area contributed by atoms with Crippen LogP contribution in [0.3, 0.4) is 0 Å². The highest BCUT2D eigenvalue weighted by Gasteiger charge is 2.62. The molecule has 0 aliphatic heterocycles. The lowest BCUT2D eigenvalue weighted by Crippen LogP contribution is -2.48. The van der Waals surface area contributed by atoms with Crippen molar-refractivity contribution < 1.29 is 0 Å². The summed E-state index contributed by atoms with van der Waals surface area (Å²) in [6.07, 6.45) is 28.0. The van der Waals surface area contributed by atoms with E-state index in [9.17, 15) is 0 Å². The molecule has 0 nitrogen and oxygen atoms in total. The molecule has 30 heavy (non-hydrogen) atoms. The zero-order valence-corrected chi connectivity index (χ0v) is 21.5. The van der Waals surface area contributed by atoms with E-state index in [0.717, 1.165) is 46.6 Å². The van der Waals surface area contributed by atoms with E-state index in [-0.39, 0.29) is 0 Å². The first-order chi connectivity index (χ1) is 14.4. The Balaban J connectivity index is 1.73. The first-order valence-electron chi connectivity index (χ1n) is 13.1. The van der Waals surface area contributed by atoms with Crippen LogP contribution in [0.1, 0.15) is 66.2 Å². The van der Waals surface area contributed by atoms with Crippen LogP contribution in [0.15, 0.2) is 48.6 Å². The standard InChI is InChI=1S/C29H46Si/c1-7-14-23-20-29(18-12-9-13-19-29)28(21(23)3)30(5,6)27-22(4)24(15-8-2)25-16-10-11-17-26(25)27/h9-13,16-18,21-28H,7-8,14-15,19-20H2,1-6H3/t21-,22?,23?,24?,25+,26?,27?,28?,29?/m1/s1. The third-order valence-corrected chi connectivity index (χ3v) is 15.4. The van der Waals surface area contributed by atoms with Crippen molar-refractivity contribution in [2.24, 2.45) is 40.9 Å². The molecule has 0 aromatic carbocycles. The second kappa shape index (κ2) is 8.61. The van der Waals surface area contributed by atoms with Crippen LogP contribution in [0.4, 0.5) is 0 Å². The van der Waals surface area contributed by atoms with Crippen molar-refractivity contribution in [3.63, 3.8) is 0 Å². The summed E-state index contributed by atoms with van der Waals surface area (Å²) in [5.41, 5.74) is 2.27. The maximum absolute atomic E-state index is 2.81. The molecule has 2 saturated carbocycles.